The molecule has 3 atom stereocenters. The van der Waals surface area contributed by atoms with Crippen LogP contribution in [0.15, 0.2) is 17.1 Å². The molecule has 0 bridgehead atoms. The van der Waals surface area contributed by atoms with E-state index < -0.39 is 20.1 Å². The Morgan fingerprint density at radius 3 is 2.95 bits per heavy atom. The number of anilines is 1. The monoisotopic (exact) mass is 287 g/mol. The van der Waals surface area contributed by atoms with Crippen molar-refractivity contribution in [3.8, 4) is 0 Å². The van der Waals surface area contributed by atoms with E-state index in [4.69, 9.17) is 10.5 Å². The quantitative estimate of drug-likeness (QED) is 0.757. The van der Waals surface area contributed by atoms with E-state index >= 15 is 0 Å². The van der Waals surface area contributed by atoms with Gasteiger partial charge in [0.1, 0.15) is 5.82 Å². The Kier molecular flexibility index (Phi) is 4.26. The number of morpholine rings is 1. The first-order valence-electron chi connectivity index (χ1n) is 5.92. The van der Waals surface area contributed by atoms with Crippen molar-refractivity contribution in [1.82, 2.24) is 14.2 Å². The second-order valence-corrected chi connectivity index (χ2v) is 5.36. The third-order valence-electron chi connectivity index (χ3n) is 2.99. The minimum absolute atomic E-state index is 0.134. The molecule has 104 valence electrons. The van der Waals surface area contributed by atoms with E-state index in [2.05, 4.69) is 4.98 Å². The molecule has 0 amide bonds. The zero-order valence-electron chi connectivity index (χ0n) is 10.5. The highest BCUT2D eigenvalue weighted by atomic mass is 31.1. The van der Waals surface area contributed by atoms with E-state index in [1.54, 1.807) is 0 Å². The van der Waals surface area contributed by atoms with Crippen LogP contribution in [-0.2, 0) is 9.30 Å². The highest BCUT2D eigenvalue weighted by Gasteiger charge is 2.38. The molecule has 2 rings (SSSR count). The van der Waals surface area contributed by atoms with Crippen molar-refractivity contribution in [3.63, 3.8) is 0 Å². The average Bonchev–Trinajstić information content (AvgIpc) is 2.38. The molecule has 1 aliphatic rings. The van der Waals surface area contributed by atoms with Crippen molar-refractivity contribution < 1.29 is 14.2 Å². The third-order valence-corrected chi connectivity index (χ3v) is 3.80. The second-order valence-electron chi connectivity index (χ2n) is 4.29. The number of nitrogens with zero attached hydrogens (tertiary/aromatic N) is 3. The summed E-state index contributed by atoms with van der Waals surface area (Å²) >= 11 is 0. The maximum Gasteiger partial charge on any atom is 0.613 e. The van der Waals surface area contributed by atoms with Gasteiger partial charge in [-0.2, -0.15) is 4.98 Å². The van der Waals surface area contributed by atoms with E-state index in [1.807, 2.05) is 6.92 Å². The molecular weight excluding hydrogens is 271 g/mol. The Labute approximate surface area is 110 Å². The van der Waals surface area contributed by atoms with Crippen LogP contribution in [0.4, 0.5) is 5.82 Å². The SMILES string of the molecule is CCC1CN([P+](=O)O)CC(n2ccc(N)nc2=O)O1. The lowest BCUT2D eigenvalue weighted by atomic mass is 10.2. The fraction of sp³-hybridized carbons (Fsp3) is 0.600. The Bertz CT molecular complexity index is 535. The first kappa shape index (κ1) is 14.1. The van der Waals surface area contributed by atoms with Gasteiger partial charge < -0.3 is 10.5 Å². The summed E-state index contributed by atoms with van der Waals surface area (Å²) in [4.78, 5) is 24.6. The van der Waals surface area contributed by atoms with Crippen molar-refractivity contribution in [2.24, 2.45) is 0 Å². The van der Waals surface area contributed by atoms with Crippen LogP contribution in [0.1, 0.15) is 19.6 Å². The molecule has 0 aromatic carbocycles. The molecule has 1 fully saturated rings. The van der Waals surface area contributed by atoms with Gasteiger partial charge in [-0.1, -0.05) is 11.6 Å². The molecule has 0 spiro atoms. The first-order chi connectivity index (χ1) is 9.01. The Morgan fingerprint density at radius 1 is 1.63 bits per heavy atom. The van der Waals surface area contributed by atoms with Gasteiger partial charge in [-0.15, -0.1) is 4.89 Å². The Balaban J connectivity index is 2.27. The van der Waals surface area contributed by atoms with E-state index in [1.165, 1.54) is 21.5 Å². The molecule has 3 unspecified atom stereocenters. The van der Waals surface area contributed by atoms with Gasteiger partial charge in [0.25, 0.3) is 0 Å². The van der Waals surface area contributed by atoms with Crippen LogP contribution >= 0.6 is 8.18 Å². The van der Waals surface area contributed by atoms with Crippen LogP contribution in [0.25, 0.3) is 0 Å². The molecule has 3 N–H and O–H groups in total. The zero-order chi connectivity index (χ0) is 14.0. The van der Waals surface area contributed by atoms with Crippen LogP contribution in [0.3, 0.4) is 0 Å². The molecule has 0 radical (unpaired) electrons. The molecule has 0 saturated carbocycles. The predicted octanol–water partition coefficient (Wildman–Crippen LogP) is 0.0846. The fourth-order valence-corrected chi connectivity index (χ4v) is 2.56. The molecule has 9 heteroatoms. The molecule has 1 saturated heterocycles. The number of hydrogen-bond acceptors (Lipinski definition) is 5. The summed E-state index contributed by atoms with van der Waals surface area (Å²) in [7, 11) is -2.44. The highest BCUT2D eigenvalue weighted by Crippen LogP contribution is 2.30. The lowest BCUT2D eigenvalue weighted by Gasteiger charge is -2.31. The van der Waals surface area contributed by atoms with Crippen LogP contribution in [0.5, 0.6) is 0 Å². The summed E-state index contributed by atoms with van der Waals surface area (Å²) in [6, 6.07) is 1.49. The van der Waals surface area contributed by atoms with Gasteiger partial charge in [-0.25, -0.2) is 4.79 Å². The van der Waals surface area contributed by atoms with Crippen molar-refractivity contribution in [2.75, 3.05) is 18.8 Å². The lowest BCUT2D eigenvalue weighted by molar-refractivity contribution is -0.104. The van der Waals surface area contributed by atoms with Gasteiger partial charge in [-0.05, 0) is 17.1 Å². The first-order valence-corrected chi connectivity index (χ1v) is 7.09. The molecule has 8 nitrogen and oxygen atoms in total. The topological polar surface area (TPSA) is 111 Å². The minimum Gasteiger partial charge on any atom is -0.383 e. The van der Waals surface area contributed by atoms with Gasteiger partial charge in [0, 0.05) is 6.20 Å². The minimum atomic E-state index is -2.44. The summed E-state index contributed by atoms with van der Waals surface area (Å²) in [5, 5.41) is 0. The summed E-state index contributed by atoms with van der Waals surface area (Å²) in [6.07, 6.45) is 1.34. The summed E-state index contributed by atoms with van der Waals surface area (Å²) in [5.74, 6) is 0.134. The van der Waals surface area contributed by atoms with Crippen molar-refractivity contribution in [3.05, 3.63) is 22.7 Å². The standard InChI is InChI=1S/C10H15N4O4P/c1-2-7-5-13(19(16)17)6-9(18-7)14-4-3-8(11)12-10(14)15/h3-4,7,9H,2,5-6H2,1H3,(H2-,11,12,15,16,17)/p+1. The molecule has 0 aliphatic carbocycles. The number of hydrogen-bond donors (Lipinski definition) is 2. The summed E-state index contributed by atoms with van der Waals surface area (Å²) in [6.45, 7) is 2.45. The molecule has 19 heavy (non-hydrogen) atoms. The highest BCUT2D eigenvalue weighted by molar-refractivity contribution is 7.35. The number of ether oxygens (including phenoxy) is 1. The largest absolute Gasteiger partial charge is 0.613 e. The molecule has 1 aliphatic heterocycles. The number of rotatable bonds is 3. The fourth-order valence-electron chi connectivity index (χ4n) is 1.96. The van der Waals surface area contributed by atoms with Gasteiger partial charge >= 0.3 is 13.9 Å². The van der Waals surface area contributed by atoms with Gasteiger partial charge in [0.2, 0.25) is 0 Å². The second kappa shape index (κ2) is 5.75. The normalized spacial score (nSPS) is 25.3. The molecule has 1 aromatic rings. The van der Waals surface area contributed by atoms with E-state index in [0.717, 1.165) is 0 Å². The average molecular weight is 287 g/mol. The van der Waals surface area contributed by atoms with Crippen LogP contribution in [0.2, 0.25) is 0 Å². The summed E-state index contributed by atoms with van der Waals surface area (Å²) < 4.78 is 19.6. The van der Waals surface area contributed by atoms with Crippen molar-refractivity contribution >= 4 is 14.0 Å². The molecule has 1 aromatic heterocycles. The Hall–Kier alpha value is -1.34. The lowest BCUT2D eigenvalue weighted by Crippen LogP contribution is -2.45. The Morgan fingerprint density at radius 2 is 2.37 bits per heavy atom. The van der Waals surface area contributed by atoms with Crippen LogP contribution in [0, 0.1) is 0 Å². The van der Waals surface area contributed by atoms with E-state index in [-0.39, 0.29) is 18.5 Å². The zero-order valence-corrected chi connectivity index (χ0v) is 11.4. The van der Waals surface area contributed by atoms with Crippen LogP contribution in [-0.4, -0.2) is 38.3 Å². The number of aromatic nitrogens is 2. The van der Waals surface area contributed by atoms with Crippen LogP contribution < -0.4 is 11.4 Å². The number of nitrogen functional groups attached to an aromatic ring is 1. The maximum atomic E-state index is 11.7. The molecule has 2 heterocycles. The van der Waals surface area contributed by atoms with E-state index in [9.17, 15) is 14.3 Å². The number of nitrogens with two attached hydrogens (primary N) is 1. The van der Waals surface area contributed by atoms with Gasteiger partial charge in [0.15, 0.2) is 6.23 Å². The maximum absolute atomic E-state index is 11.7. The van der Waals surface area contributed by atoms with Crippen molar-refractivity contribution in [2.45, 2.75) is 25.7 Å². The summed E-state index contributed by atoms with van der Waals surface area (Å²) in [5.41, 5.74) is 4.89. The third kappa shape index (κ3) is 3.16. The van der Waals surface area contributed by atoms with E-state index in [0.29, 0.717) is 13.0 Å². The van der Waals surface area contributed by atoms with Gasteiger partial charge in [-0.3, -0.25) is 4.57 Å². The molecular formula is C10H16N4O4P+. The predicted molar refractivity (Wildman–Crippen MR) is 68.5 cm³/mol. The van der Waals surface area contributed by atoms with Crippen molar-refractivity contribution in [1.29, 1.82) is 0 Å². The smallest absolute Gasteiger partial charge is 0.383 e. The van der Waals surface area contributed by atoms with Gasteiger partial charge in [0.05, 0.1) is 19.2 Å².